The first-order valence-corrected chi connectivity index (χ1v) is 11.1. The maximum Gasteiger partial charge on any atom is 0.246 e. The molecule has 3 heterocycles. The van der Waals surface area contributed by atoms with Crippen LogP contribution >= 0.6 is 0 Å². The average Bonchev–Trinajstić information content (AvgIpc) is 3.11. The van der Waals surface area contributed by atoms with E-state index in [1.165, 1.54) is 36.8 Å². The highest BCUT2D eigenvalue weighted by Crippen LogP contribution is 2.39. The Morgan fingerprint density at radius 2 is 2.10 bits per heavy atom. The summed E-state index contributed by atoms with van der Waals surface area (Å²) in [6, 6.07) is 7.02. The molecule has 0 radical (unpaired) electrons. The quantitative estimate of drug-likeness (QED) is 0.793. The van der Waals surface area contributed by atoms with Crippen LogP contribution in [-0.2, 0) is 27.2 Å². The normalized spacial score (nSPS) is 23.9. The summed E-state index contributed by atoms with van der Waals surface area (Å²) in [5.41, 5.74) is 4.36. The van der Waals surface area contributed by atoms with Gasteiger partial charge in [-0.05, 0) is 55.7 Å². The fraction of sp³-hybridized carbons (Fsp3) is 0.696. The Morgan fingerprint density at radius 1 is 1.28 bits per heavy atom. The third-order valence-electron chi connectivity index (χ3n) is 6.81. The number of methoxy groups -OCH3 is 1. The number of benzene rings is 1. The molecule has 1 aromatic carbocycles. The van der Waals surface area contributed by atoms with Crippen LogP contribution in [0.1, 0.15) is 43.2 Å². The molecular formula is C23H35N3O3. The molecule has 3 aliphatic heterocycles. The molecule has 4 rings (SSSR count). The molecule has 0 aliphatic carbocycles. The zero-order valence-electron chi connectivity index (χ0n) is 17.9. The van der Waals surface area contributed by atoms with Gasteiger partial charge in [-0.3, -0.25) is 9.69 Å². The Kier molecular flexibility index (Phi) is 6.42. The molecule has 0 saturated carbocycles. The van der Waals surface area contributed by atoms with E-state index in [4.69, 9.17) is 9.47 Å². The van der Waals surface area contributed by atoms with Crippen molar-refractivity contribution in [2.45, 2.75) is 56.8 Å². The van der Waals surface area contributed by atoms with Crippen LogP contribution in [0.15, 0.2) is 18.2 Å². The van der Waals surface area contributed by atoms with Gasteiger partial charge in [0.25, 0.3) is 0 Å². The Balaban J connectivity index is 1.25. The molecule has 6 heteroatoms. The number of likely N-dealkylation sites (tertiary alicyclic amines) is 1. The third-order valence-corrected chi connectivity index (χ3v) is 6.81. The Hall–Kier alpha value is -1.63. The number of carbonyl (C=O) groups is 1. The number of piperidine rings is 1. The standard InChI is InChI=1S/C23H35N3O3/c1-25-11-3-4-19-14-18(5-6-21(19)25)16-26-12-9-23(10-13-26)8-7-20(29-23)15-24-22(27)17-28-2/h5-6,14,20H,3-4,7-13,15-17H2,1-2H3,(H,24,27)/t20-/m0/s1. The van der Waals surface area contributed by atoms with Crippen LogP contribution in [0.5, 0.6) is 0 Å². The zero-order valence-corrected chi connectivity index (χ0v) is 17.9. The van der Waals surface area contributed by atoms with Gasteiger partial charge < -0.3 is 19.7 Å². The van der Waals surface area contributed by atoms with E-state index in [-0.39, 0.29) is 24.2 Å². The summed E-state index contributed by atoms with van der Waals surface area (Å²) in [6.07, 6.45) is 6.91. The number of nitrogens with zero attached hydrogens (tertiary/aromatic N) is 2. The van der Waals surface area contributed by atoms with E-state index >= 15 is 0 Å². The topological polar surface area (TPSA) is 54.0 Å². The van der Waals surface area contributed by atoms with E-state index in [9.17, 15) is 4.79 Å². The van der Waals surface area contributed by atoms with Crippen molar-refractivity contribution < 1.29 is 14.3 Å². The van der Waals surface area contributed by atoms with Crippen molar-refractivity contribution in [2.75, 3.05) is 51.8 Å². The van der Waals surface area contributed by atoms with E-state index in [0.29, 0.717) is 6.54 Å². The smallest absolute Gasteiger partial charge is 0.246 e. The minimum atomic E-state index is -0.0666. The molecule has 2 fully saturated rings. The predicted octanol–water partition coefficient (Wildman–Crippen LogP) is 2.35. The first kappa shape index (κ1) is 20.6. The highest BCUT2D eigenvalue weighted by molar-refractivity contribution is 5.77. The maximum absolute atomic E-state index is 11.6. The van der Waals surface area contributed by atoms with Gasteiger partial charge in [-0.15, -0.1) is 0 Å². The number of hydrogen-bond acceptors (Lipinski definition) is 5. The zero-order chi connectivity index (χ0) is 20.3. The maximum atomic E-state index is 11.6. The van der Waals surface area contributed by atoms with Gasteiger partial charge in [-0.2, -0.15) is 0 Å². The SMILES string of the molecule is COCC(=O)NC[C@@H]1CCC2(CCN(Cc3ccc4c(c3)CCCN4C)CC2)O1. The number of carbonyl (C=O) groups excluding carboxylic acids is 1. The van der Waals surface area contributed by atoms with Gasteiger partial charge in [0.05, 0.1) is 11.7 Å². The van der Waals surface area contributed by atoms with Gasteiger partial charge in [0.1, 0.15) is 6.61 Å². The van der Waals surface area contributed by atoms with Crippen LogP contribution in [0.2, 0.25) is 0 Å². The van der Waals surface area contributed by atoms with Crippen LogP contribution in [0, 0.1) is 0 Å². The Labute approximate surface area is 174 Å². The van der Waals surface area contributed by atoms with Gasteiger partial charge >= 0.3 is 0 Å². The average molecular weight is 402 g/mol. The van der Waals surface area contributed by atoms with Gasteiger partial charge in [-0.25, -0.2) is 0 Å². The predicted molar refractivity (Wildman–Crippen MR) is 114 cm³/mol. The molecule has 1 amide bonds. The van der Waals surface area contributed by atoms with Crippen molar-refractivity contribution in [1.29, 1.82) is 0 Å². The highest BCUT2D eigenvalue weighted by Gasteiger charge is 2.42. The lowest BCUT2D eigenvalue weighted by molar-refractivity contribution is -0.126. The van der Waals surface area contributed by atoms with Gasteiger partial charge in [0.2, 0.25) is 5.91 Å². The lowest BCUT2D eigenvalue weighted by atomic mass is 9.88. The van der Waals surface area contributed by atoms with Crippen LogP contribution in [-0.4, -0.2) is 69.5 Å². The molecular weight excluding hydrogens is 366 g/mol. The number of ether oxygens (including phenoxy) is 2. The molecule has 2 saturated heterocycles. The van der Waals surface area contributed by atoms with E-state index in [1.54, 1.807) is 0 Å². The highest BCUT2D eigenvalue weighted by atomic mass is 16.5. The minimum absolute atomic E-state index is 0.0196. The first-order chi connectivity index (χ1) is 14.1. The number of fused-ring (bicyclic) bond motifs is 1. The first-order valence-electron chi connectivity index (χ1n) is 11.1. The molecule has 0 bridgehead atoms. The lowest BCUT2D eigenvalue weighted by Gasteiger charge is -2.39. The van der Waals surface area contributed by atoms with E-state index in [1.807, 2.05) is 0 Å². The monoisotopic (exact) mass is 401 g/mol. The van der Waals surface area contributed by atoms with Crippen molar-refractivity contribution in [3.8, 4) is 0 Å². The number of hydrogen-bond donors (Lipinski definition) is 1. The summed E-state index contributed by atoms with van der Waals surface area (Å²) in [4.78, 5) is 16.5. The molecule has 0 unspecified atom stereocenters. The van der Waals surface area contributed by atoms with Gasteiger partial charge in [0, 0.05) is 52.6 Å². The van der Waals surface area contributed by atoms with Crippen molar-refractivity contribution in [3.63, 3.8) is 0 Å². The van der Waals surface area contributed by atoms with Crippen LogP contribution < -0.4 is 10.2 Å². The van der Waals surface area contributed by atoms with Crippen molar-refractivity contribution in [1.82, 2.24) is 10.2 Å². The summed E-state index contributed by atoms with van der Waals surface area (Å²) in [7, 11) is 3.73. The number of rotatable bonds is 6. The second-order valence-corrected chi connectivity index (χ2v) is 8.96. The third kappa shape index (κ3) is 4.93. The van der Waals surface area contributed by atoms with E-state index < -0.39 is 0 Å². The molecule has 1 atom stereocenters. The van der Waals surface area contributed by atoms with Crippen molar-refractivity contribution >= 4 is 11.6 Å². The molecule has 6 nitrogen and oxygen atoms in total. The fourth-order valence-electron chi connectivity index (χ4n) is 5.13. The molecule has 1 spiro atoms. The number of amides is 1. The molecule has 29 heavy (non-hydrogen) atoms. The van der Waals surface area contributed by atoms with E-state index in [0.717, 1.165) is 51.9 Å². The molecule has 160 valence electrons. The van der Waals surface area contributed by atoms with Crippen LogP contribution in [0.4, 0.5) is 5.69 Å². The number of anilines is 1. The van der Waals surface area contributed by atoms with Crippen LogP contribution in [0.25, 0.3) is 0 Å². The molecule has 3 aliphatic rings. The Bertz CT molecular complexity index is 715. The molecule has 1 N–H and O–H groups in total. The molecule has 1 aromatic rings. The van der Waals surface area contributed by atoms with Crippen molar-refractivity contribution in [2.24, 2.45) is 0 Å². The fourth-order valence-corrected chi connectivity index (χ4v) is 5.13. The number of nitrogens with one attached hydrogen (secondary N) is 1. The number of aryl methyl sites for hydroxylation is 1. The minimum Gasteiger partial charge on any atom is -0.375 e. The van der Waals surface area contributed by atoms with Crippen molar-refractivity contribution in [3.05, 3.63) is 29.3 Å². The second kappa shape index (κ2) is 9.02. The summed E-state index contributed by atoms with van der Waals surface area (Å²) in [5.74, 6) is -0.0666. The van der Waals surface area contributed by atoms with Crippen LogP contribution in [0.3, 0.4) is 0 Å². The van der Waals surface area contributed by atoms with Gasteiger partial charge in [0.15, 0.2) is 0 Å². The summed E-state index contributed by atoms with van der Waals surface area (Å²) < 4.78 is 11.3. The van der Waals surface area contributed by atoms with E-state index in [2.05, 4.69) is 40.4 Å². The molecule has 0 aromatic heterocycles. The largest absolute Gasteiger partial charge is 0.375 e. The summed E-state index contributed by atoms with van der Waals surface area (Å²) >= 11 is 0. The second-order valence-electron chi connectivity index (χ2n) is 8.96. The van der Waals surface area contributed by atoms with Gasteiger partial charge in [-0.1, -0.05) is 12.1 Å². The Morgan fingerprint density at radius 3 is 2.90 bits per heavy atom. The lowest BCUT2D eigenvalue weighted by Crippen LogP contribution is -2.45. The summed E-state index contributed by atoms with van der Waals surface area (Å²) in [5, 5.41) is 2.91. The summed E-state index contributed by atoms with van der Waals surface area (Å²) in [6.45, 7) is 5.07.